The highest BCUT2D eigenvalue weighted by molar-refractivity contribution is 6.31. The predicted molar refractivity (Wildman–Crippen MR) is 115 cm³/mol. The van der Waals surface area contributed by atoms with Crippen LogP contribution in [-0.2, 0) is 11.3 Å². The lowest BCUT2D eigenvalue weighted by molar-refractivity contribution is -0.122. The molecule has 0 radical (unpaired) electrons. The Labute approximate surface area is 176 Å². The van der Waals surface area contributed by atoms with Crippen molar-refractivity contribution in [2.24, 2.45) is 23.1 Å². The molecule has 0 aromatic heterocycles. The quantitative estimate of drug-likeness (QED) is 0.343. The summed E-state index contributed by atoms with van der Waals surface area (Å²) in [5.41, 5.74) is 21.7. The van der Waals surface area contributed by atoms with Gasteiger partial charge in [-0.25, -0.2) is 0 Å². The van der Waals surface area contributed by atoms with Gasteiger partial charge in [-0.15, -0.1) is 0 Å². The van der Waals surface area contributed by atoms with Crippen molar-refractivity contribution < 1.29 is 4.79 Å². The normalized spacial score (nSPS) is 18.9. The standard InChI is InChI=1S/C20H30ClN7O/c1-12-2-3-15(21)14(6-12)11-28-5-4-26-20(24)17(28)8-16(22)19(23)27-18(29)7-13-9-25-10-13/h2-3,6,8,13,19,25-26H,4-5,7,9-11,22-24H2,1H3,(H,27,29)/b16-8-. The molecule has 2 aliphatic heterocycles. The number of carbonyl (C=O) groups is 1. The van der Waals surface area contributed by atoms with Crippen LogP contribution in [0.25, 0.3) is 0 Å². The molecule has 1 unspecified atom stereocenters. The lowest BCUT2D eigenvalue weighted by Crippen LogP contribution is -2.49. The molecule has 0 aliphatic carbocycles. The Kier molecular flexibility index (Phi) is 6.89. The van der Waals surface area contributed by atoms with Gasteiger partial charge in [-0.05, 0) is 43.6 Å². The second-order valence-corrected chi connectivity index (χ2v) is 8.07. The first-order valence-electron chi connectivity index (χ1n) is 9.80. The molecule has 9 heteroatoms. The van der Waals surface area contributed by atoms with E-state index in [0.29, 0.717) is 42.0 Å². The van der Waals surface area contributed by atoms with Crippen LogP contribution in [0.15, 0.2) is 41.5 Å². The largest absolute Gasteiger partial charge is 0.399 e. The van der Waals surface area contributed by atoms with Crippen LogP contribution < -0.4 is 33.2 Å². The van der Waals surface area contributed by atoms with Crippen LogP contribution in [0.3, 0.4) is 0 Å². The molecule has 9 N–H and O–H groups in total. The molecule has 0 bridgehead atoms. The second-order valence-electron chi connectivity index (χ2n) is 7.66. The van der Waals surface area contributed by atoms with Crippen LogP contribution in [0.2, 0.25) is 5.02 Å². The molecule has 0 spiro atoms. The Morgan fingerprint density at radius 2 is 2.21 bits per heavy atom. The smallest absolute Gasteiger partial charge is 0.221 e. The van der Waals surface area contributed by atoms with Crippen molar-refractivity contribution in [3.63, 3.8) is 0 Å². The Hall–Kier alpha value is -2.42. The topological polar surface area (TPSA) is 134 Å². The summed E-state index contributed by atoms with van der Waals surface area (Å²) in [6.07, 6.45) is 1.39. The third kappa shape index (κ3) is 5.56. The number of rotatable bonds is 7. The fourth-order valence-electron chi connectivity index (χ4n) is 3.39. The summed E-state index contributed by atoms with van der Waals surface area (Å²) in [5.74, 6) is 0.775. The van der Waals surface area contributed by atoms with E-state index in [1.807, 2.05) is 19.1 Å². The first-order valence-corrected chi connectivity index (χ1v) is 10.2. The van der Waals surface area contributed by atoms with Crippen molar-refractivity contribution in [1.82, 2.24) is 20.9 Å². The van der Waals surface area contributed by atoms with Gasteiger partial charge < -0.3 is 38.1 Å². The highest BCUT2D eigenvalue weighted by Crippen LogP contribution is 2.23. The number of allylic oxidation sites excluding steroid dienone is 1. The minimum Gasteiger partial charge on any atom is -0.399 e. The summed E-state index contributed by atoms with van der Waals surface area (Å²) >= 11 is 6.37. The number of nitrogens with one attached hydrogen (secondary N) is 3. The average molecular weight is 420 g/mol. The number of nitrogens with zero attached hydrogens (tertiary/aromatic N) is 1. The zero-order chi connectivity index (χ0) is 21.0. The van der Waals surface area contributed by atoms with E-state index in [9.17, 15) is 4.79 Å². The maximum absolute atomic E-state index is 12.1. The molecule has 2 heterocycles. The average Bonchev–Trinajstić information content (AvgIpc) is 2.64. The van der Waals surface area contributed by atoms with E-state index in [4.69, 9.17) is 28.8 Å². The second kappa shape index (κ2) is 9.39. The molecule has 3 rings (SSSR count). The molecule has 158 valence electrons. The first kappa shape index (κ1) is 21.3. The van der Waals surface area contributed by atoms with Gasteiger partial charge in [0.2, 0.25) is 5.91 Å². The van der Waals surface area contributed by atoms with Crippen LogP contribution in [0.1, 0.15) is 17.5 Å². The van der Waals surface area contributed by atoms with E-state index in [1.54, 1.807) is 6.08 Å². The summed E-state index contributed by atoms with van der Waals surface area (Å²) in [5, 5.41) is 9.76. The van der Waals surface area contributed by atoms with E-state index >= 15 is 0 Å². The first-order chi connectivity index (χ1) is 13.8. The summed E-state index contributed by atoms with van der Waals surface area (Å²) in [4.78, 5) is 14.2. The van der Waals surface area contributed by atoms with Gasteiger partial charge in [0, 0.05) is 36.8 Å². The van der Waals surface area contributed by atoms with Crippen molar-refractivity contribution in [2.75, 3.05) is 26.2 Å². The Bertz CT molecular complexity index is 819. The molecule has 1 aromatic rings. The highest BCUT2D eigenvalue weighted by atomic mass is 35.5. The van der Waals surface area contributed by atoms with E-state index < -0.39 is 6.17 Å². The van der Waals surface area contributed by atoms with Crippen molar-refractivity contribution >= 4 is 17.5 Å². The summed E-state index contributed by atoms with van der Waals surface area (Å²) in [7, 11) is 0. The van der Waals surface area contributed by atoms with Crippen LogP contribution in [0, 0.1) is 12.8 Å². The minimum absolute atomic E-state index is 0.104. The molecule has 1 saturated heterocycles. The van der Waals surface area contributed by atoms with Crippen LogP contribution in [0.5, 0.6) is 0 Å². The molecule has 29 heavy (non-hydrogen) atoms. The van der Waals surface area contributed by atoms with E-state index in [1.165, 1.54) is 0 Å². The molecule has 0 saturated carbocycles. The lowest BCUT2D eigenvalue weighted by Gasteiger charge is -2.33. The molecular weight excluding hydrogens is 390 g/mol. The summed E-state index contributed by atoms with van der Waals surface area (Å²) < 4.78 is 0. The SMILES string of the molecule is Cc1ccc(Cl)c(CN2CCNC(N)=C2/C=C(\N)C(N)NC(=O)CC2CNC2)c1. The van der Waals surface area contributed by atoms with Gasteiger partial charge in [0.1, 0.15) is 12.0 Å². The molecule has 2 aliphatic rings. The van der Waals surface area contributed by atoms with Gasteiger partial charge in [-0.3, -0.25) is 4.79 Å². The fraction of sp³-hybridized carbons (Fsp3) is 0.450. The van der Waals surface area contributed by atoms with Gasteiger partial charge in [-0.1, -0.05) is 29.3 Å². The van der Waals surface area contributed by atoms with E-state index in [2.05, 4.69) is 26.9 Å². The van der Waals surface area contributed by atoms with Crippen molar-refractivity contribution in [3.8, 4) is 0 Å². The summed E-state index contributed by atoms with van der Waals surface area (Å²) in [6, 6.07) is 5.94. The Balaban J connectivity index is 1.70. The van der Waals surface area contributed by atoms with Gasteiger partial charge in [0.25, 0.3) is 0 Å². The number of nitrogens with two attached hydrogens (primary N) is 3. The van der Waals surface area contributed by atoms with Gasteiger partial charge >= 0.3 is 0 Å². The maximum Gasteiger partial charge on any atom is 0.221 e. The fourth-order valence-corrected chi connectivity index (χ4v) is 3.57. The monoisotopic (exact) mass is 419 g/mol. The number of hydrogen-bond acceptors (Lipinski definition) is 7. The van der Waals surface area contributed by atoms with Crippen molar-refractivity contribution in [2.45, 2.75) is 26.1 Å². The molecule has 8 nitrogen and oxygen atoms in total. The van der Waals surface area contributed by atoms with Crippen LogP contribution >= 0.6 is 11.6 Å². The number of halogens is 1. The Morgan fingerprint density at radius 1 is 1.45 bits per heavy atom. The maximum atomic E-state index is 12.1. The van der Waals surface area contributed by atoms with E-state index in [0.717, 1.165) is 36.5 Å². The Morgan fingerprint density at radius 3 is 2.90 bits per heavy atom. The number of carbonyl (C=O) groups excluding carboxylic acids is 1. The van der Waals surface area contributed by atoms with E-state index in [-0.39, 0.29) is 5.91 Å². The lowest BCUT2D eigenvalue weighted by atomic mass is 9.99. The minimum atomic E-state index is -0.776. The van der Waals surface area contributed by atoms with Crippen molar-refractivity contribution in [3.05, 3.63) is 57.6 Å². The zero-order valence-electron chi connectivity index (χ0n) is 16.7. The molecule has 1 aromatic carbocycles. The molecule has 1 atom stereocenters. The number of benzene rings is 1. The molecular formula is C20H30ClN7O. The number of hydrogen-bond donors (Lipinski definition) is 6. The summed E-state index contributed by atoms with van der Waals surface area (Å²) in [6.45, 7) is 5.80. The highest BCUT2D eigenvalue weighted by Gasteiger charge is 2.23. The number of amides is 1. The number of aryl methyl sites for hydroxylation is 1. The zero-order valence-corrected chi connectivity index (χ0v) is 17.4. The van der Waals surface area contributed by atoms with Crippen LogP contribution in [-0.4, -0.2) is 43.2 Å². The van der Waals surface area contributed by atoms with Crippen LogP contribution in [0.4, 0.5) is 0 Å². The van der Waals surface area contributed by atoms with Gasteiger partial charge in [0.15, 0.2) is 0 Å². The third-order valence-corrected chi connectivity index (χ3v) is 5.56. The van der Waals surface area contributed by atoms with Crippen molar-refractivity contribution in [1.29, 1.82) is 0 Å². The molecule has 1 amide bonds. The van der Waals surface area contributed by atoms with Gasteiger partial charge in [0.05, 0.1) is 5.70 Å². The molecule has 1 fully saturated rings. The third-order valence-electron chi connectivity index (χ3n) is 5.20. The predicted octanol–water partition coefficient (Wildman–Crippen LogP) is 0.0345. The van der Waals surface area contributed by atoms with Gasteiger partial charge in [-0.2, -0.15) is 0 Å².